The number of hydrogen-bond acceptors (Lipinski definition) is 3. The highest BCUT2D eigenvalue weighted by Gasteiger charge is 2.50. The van der Waals surface area contributed by atoms with Crippen LogP contribution in [0.3, 0.4) is 0 Å². The molecule has 4 aliphatic rings. The highest BCUT2D eigenvalue weighted by atomic mass is 127. The standard InChI is InChI=1S/C20H34N6.HI/c1-3-18-25-24-14-26(18)7-6-23-19(21-2)22-5-4-20-11-15-8-16(12-20)10-17(9-15)13-20;/h14-17H,3-13H2,1-2H3,(H2,21,22,23);1H. The lowest BCUT2D eigenvalue weighted by molar-refractivity contribution is -0.0562. The summed E-state index contributed by atoms with van der Waals surface area (Å²) in [5.41, 5.74) is 0.638. The van der Waals surface area contributed by atoms with E-state index >= 15 is 0 Å². The number of nitrogens with zero attached hydrogens (tertiary/aromatic N) is 4. The van der Waals surface area contributed by atoms with E-state index in [2.05, 4.69) is 37.3 Å². The van der Waals surface area contributed by atoms with Gasteiger partial charge >= 0.3 is 0 Å². The van der Waals surface area contributed by atoms with Gasteiger partial charge in [-0.25, -0.2) is 0 Å². The van der Waals surface area contributed by atoms with E-state index in [9.17, 15) is 0 Å². The van der Waals surface area contributed by atoms with Gasteiger partial charge in [-0.15, -0.1) is 34.2 Å². The fraction of sp³-hybridized carbons (Fsp3) is 0.850. The first kappa shape index (κ1) is 20.9. The maximum atomic E-state index is 4.39. The van der Waals surface area contributed by atoms with Crippen molar-refractivity contribution in [1.29, 1.82) is 0 Å². The largest absolute Gasteiger partial charge is 0.356 e. The molecule has 0 amide bonds. The lowest BCUT2D eigenvalue weighted by Gasteiger charge is -2.57. The zero-order valence-corrected chi connectivity index (χ0v) is 19.1. The molecule has 4 bridgehead atoms. The van der Waals surface area contributed by atoms with Gasteiger partial charge in [0.25, 0.3) is 0 Å². The van der Waals surface area contributed by atoms with Crippen molar-refractivity contribution in [2.75, 3.05) is 20.1 Å². The van der Waals surface area contributed by atoms with Gasteiger partial charge in [-0.3, -0.25) is 4.99 Å². The average molecular weight is 486 g/mol. The Kier molecular flexibility index (Phi) is 7.03. The maximum Gasteiger partial charge on any atom is 0.191 e. The van der Waals surface area contributed by atoms with Gasteiger partial charge < -0.3 is 15.2 Å². The predicted molar refractivity (Wildman–Crippen MR) is 119 cm³/mol. The van der Waals surface area contributed by atoms with Crippen molar-refractivity contribution >= 4 is 29.9 Å². The highest BCUT2D eigenvalue weighted by molar-refractivity contribution is 14.0. The number of aliphatic imine (C=N–C) groups is 1. The van der Waals surface area contributed by atoms with Crippen LogP contribution >= 0.6 is 24.0 Å². The molecule has 6 nitrogen and oxygen atoms in total. The Labute approximate surface area is 180 Å². The van der Waals surface area contributed by atoms with Crippen LogP contribution in [0.25, 0.3) is 0 Å². The molecule has 4 saturated carbocycles. The monoisotopic (exact) mass is 486 g/mol. The summed E-state index contributed by atoms with van der Waals surface area (Å²) in [6, 6.07) is 0. The lowest BCUT2D eigenvalue weighted by Crippen LogP contribution is -2.48. The summed E-state index contributed by atoms with van der Waals surface area (Å²) in [6.45, 7) is 4.85. The fourth-order valence-corrected chi connectivity index (χ4v) is 6.30. The molecule has 27 heavy (non-hydrogen) atoms. The molecule has 152 valence electrons. The molecule has 5 rings (SSSR count). The van der Waals surface area contributed by atoms with E-state index in [1.54, 1.807) is 0 Å². The summed E-state index contributed by atoms with van der Waals surface area (Å²) in [5.74, 6) is 5.07. The Morgan fingerprint density at radius 1 is 1.15 bits per heavy atom. The van der Waals surface area contributed by atoms with Crippen LogP contribution in [0, 0.1) is 23.2 Å². The van der Waals surface area contributed by atoms with Gasteiger partial charge in [0.1, 0.15) is 12.2 Å². The van der Waals surface area contributed by atoms with Crippen LogP contribution in [-0.2, 0) is 13.0 Å². The van der Waals surface area contributed by atoms with Crippen LogP contribution in [0.15, 0.2) is 11.3 Å². The van der Waals surface area contributed by atoms with Crippen molar-refractivity contribution in [2.45, 2.75) is 64.8 Å². The second-order valence-electron chi connectivity index (χ2n) is 8.89. The second kappa shape index (κ2) is 9.09. The van der Waals surface area contributed by atoms with E-state index in [1.165, 1.54) is 44.9 Å². The molecule has 1 aromatic heterocycles. The molecule has 4 aliphatic carbocycles. The fourth-order valence-electron chi connectivity index (χ4n) is 6.30. The van der Waals surface area contributed by atoms with E-state index in [-0.39, 0.29) is 24.0 Å². The minimum absolute atomic E-state index is 0. The zero-order chi connectivity index (χ0) is 18.0. The van der Waals surface area contributed by atoms with Crippen LogP contribution in [0.2, 0.25) is 0 Å². The van der Waals surface area contributed by atoms with Crippen LogP contribution < -0.4 is 10.6 Å². The number of rotatable bonds is 7. The van der Waals surface area contributed by atoms with Gasteiger partial charge in [0, 0.05) is 33.1 Å². The topological polar surface area (TPSA) is 67.1 Å². The molecule has 7 heteroatoms. The number of halogens is 1. The van der Waals surface area contributed by atoms with E-state index in [0.717, 1.165) is 55.6 Å². The van der Waals surface area contributed by atoms with E-state index < -0.39 is 0 Å². The number of guanidine groups is 1. The number of aromatic nitrogens is 3. The highest BCUT2D eigenvalue weighted by Crippen LogP contribution is 2.61. The van der Waals surface area contributed by atoms with Gasteiger partial charge in [-0.1, -0.05) is 6.92 Å². The number of nitrogens with one attached hydrogen (secondary N) is 2. The Hall–Kier alpha value is -0.860. The third kappa shape index (κ3) is 4.77. The number of aryl methyl sites for hydroxylation is 1. The first-order chi connectivity index (χ1) is 12.7. The molecule has 0 aliphatic heterocycles. The predicted octanol–water partition coefficient (Wildman–Crippen LogP) is 3.23. The minimum Gasteiger partial charge on any atom is -0.356 e. The SMILES string of the molecule is CCc1nncn1CCNC(=NC)NCCC12CC3CC(CC(C3)C1)C2.I. The molecule has 1 aromatic rings. The van der Waals surface area contributed by atoms with Gasteiger partial charge in [0.15, 0.2) is 5.96 Å². The molecule has 0 atom stereocenters. The Balaban J connectivity index is 0.00000210. The molecule has 2 N–H and O–H groups in total. The maximum absolute atomic E-state index is 4.39. The van der Waals surface area contributed by atoms with Crippen molar-refractivity contribution in [3.63, 3.8) is 0 Å². The van der Waals surface area contributed by atoms with Crippen molar-refractivity contribution < 1.29 is 0 Å². The normalized spacial score (nSPS) is 31.6. The Morgan fingerprint density at radius 2 is 1.78 bits per heavy atom. The first-order valence-corrected chi connectivity index (χ1v) is 10.5. The summed E-state index contributed by atoms with van der Waals surface area (Å²) >= 11 is 0. The summed E-state index contributed by atoms with van der Waals surface area (Å²) in [6.07, 6.45) is 13.1. The van der Waals surface area contributed by atoms with Crippen molar-refractivity contribution in [2.24, 2.45) is 28.2 Å². The lowest BCUT2D eigenvalue weighted by atomic mass is 9.49. The van der Waals surface area contributed by atoms with Gasteiger partial charge in [0.05, 0.1) is 0 Å². The van der Waals surface area contributed by atoms with Crippen molar-refractivity contribution in [3.8, 4) is 0 Å². The van der Waals surface area contributed by atoms with Gasteiger partial charge in [-0.2, -0.15) is 0 Å². The average Bonchev–Trinajstić information content (AvgIpc) is 3.06. The molecule has 0 saturated heterocycles. The van der Waals surface area contributed by atoms with E-state index in [0.29, 0.717) is 5.41 Å². The van der Waals surface area contributed by atoms with Crippen LogP contribution in [0.1, 0.15) is 57.7 Å². The van der Waals surface area contributed by atoms with E-state index in [4.69, 9.17) is 0 Å². The molecule has 0 unspecified atom stereocenters. The third-order valence-electron chi connectivity index (χ3n) is 6.99. The minimum atomic E-state index is 0. The molecule has 0 spiro atoms. The molecular formula is C20H35IN6. The first-order valence-electron chi connectivity index (χ1n) is 10.5. The summed E-state index contributed by atoms with van der Waals surface area (Å²) in [5, 5.41) is 15.1. The quantitative estimate of drug-likeness (QED) is 0.353. The van der Waals surface area contributed by atoms with Crippen LogP contribution in [0.5, 0.6) is 0 Å². The van der Waals surface area contributed by atoms with Gasteiger partial charge in [-0.05, 0) is 68.1 Å². The van der Waals surface area contributed by atoms with Crippen molar-refractivity contribution in [3.05, 3.63) is 12.2 Å². The molecule has 4 fully saturated rings. The third-order valence-corrected chi connectivity index (χ3v) is 6.99. The molecule has 0 aromatic carbocycles. The molecule has 0 radical (unpaired) electrons. The smallest absolute Gasteiger partial charge is 0.191 e. The van der Waals surface area contributed by atoms with Crippen LogP contribution in [0.4, 0.5) is 0 Å². The van der Waals surface area contributed by atoms with E-state index in [1.807, 2.05) is 13.4 Å². The summed E-state index contributed by atoms with van der Waals surface area (Å²) in [4.78, 5) is 4.39. The zero-order valence-electron chi connectivity index (χ0n) is 16.8. The van der Waals surface area contributed by atoms with Crippen LogP contribution in [-0.4, -0.2) is 40.9 Å². The summed E-state index contributed by atoms with van der Waals surface area (Å²) < 4.78 is 2.11. The summed E-state index contributed by atoms with van der Waals surface area (Å²) in [7, 11) is 1.86. The van der Waals surface area contributed by atoms with Gasteiger partial charge in [0.2, 0.25) is 0 Å². The number of hydrogen-bond donors (Lipinski definition) is 2. The molecular weight excluding hydrogens is 451 g/mol. The Morgan fingerprint density at radius 3 is 2.37 bits per heavy atom. The van der Waals surface area contributed by atoms with Crippen molar-refractivity contribution in [1.82, 2.24) is 25.4 Å². The second-order valence-corrected chi connectivity index (χ2v) is 8.89. The molecule has 1 heterocycles. The Bertz CT molecular complexity index is 605.